The molecule has 10 aromatic carbocycles. The maximum absolute atomic E-state index is 6.83. The number of furan rings is 1. The van der Waals surface area contributed by atoms with Crippen LogP contribution in [0.4, 0.5) is 0 Å². The molecule has 0 saturated heterocycles. The van der Waals surface area contributed by atoms with E-state index in [1.165, 1.54) is 63.8 Å². The van der Waals surface area contributed by atoms with Crippen molar-refractivity contribution in [3.8, 4) is 67.5 Å². The van der Waals surface area contributed by atoms with Gasteiger partial charge in [0.05, 0.1) is 21.9 Å². The lowest BCUT2D eigenvalue weighted by atomic mass is 9.92. The SMILES string of the molecule is c1ccc(-c2ccc(-c3nc(-c4ccc(-c5ccccc5-c5cc6oc7ccc8c9ccccc9n9c%10ccccc%10c(c5)c6c7c89)cc4)nc(-c4ccc5c(c4)sc4ccccc45)n3)cc2)cc1. The zero-order valence-corrected chi connectivity index (χ0v) is 37.7. The Hall–Kier alpha value is -8.97. The first-order valence-corrected chi connectivity index (χ1v) is 24.1. The lowest BCUT2D eigenvalue weighted by Gasteiger charge is -2.13. The van der Waals surface area contributed by atoms with Gasteiger partial charge in [-0.3, -0.25) is 0 Å². The second-order valence-corrected chi connectivity index (χ2v) is 19.0. The quantitative estimate of drug-likeness (QED) is 0.167. The van der Waals surface area contributed by atoms with Gasteiger partial charge in [0.2, 0.25) is 0 Å². The third-order valence-electron chi connectivity index (χ3n) is 14.0. The van der Waals surface area contributed by atoms with Crippen LogP contribution in [0.3, 0.4) is 0 Å². The van der Waals surface area contributed by atoms with Crippen molar-refractivity contribution in [2.45, 2.75) is 0 Å². The lowest BCUT2D eigenvalue weighted by Crippen LogP contribution is -2.00. The Morgan fingerprint density at radius 3 is 1.57 bits per heavy atom. The average molecular weight is 897 g/mol. The summed E-state index contributed by atoms with van der Waals surface area (Å²) in [5.41, 5.74) is 14.9. The van der Waals surface area contributed by atoms with E-state index >= 15 is 0 Å². The second-order valence-electron chi connectivity index (χ2n) is 17.9. The van der Waals surface area contributed by atoms with Crippen molar-refractivity contribution in [1.82, 2.24) is 19.4 Å². The molecule has 0 radical (unpaired) electrons. The minimum Gasteiger partial charge on any atom is -0.456 e. The summed E-state index contributed by atoms with van der Waals surface area (Å²) in [4.78, 5) is 15.5. The monoisotopic (exact) mass is 896 g/mol. The molecule has 69 heavy (non-hydrogen) atoms. The molecule has 0 fully saturated rings. The summed E-state index contributed by atoms with van der Waals surface area (Å²) in [6.45, 7) is 0. The van der Waals surface area contributed by atoms with E-state index in [1.54, 1.807) is 11.3 Å². The molecule has 0 atom stereocenters. The third kappa shape index (κ3) is 5.86. The summed E-state index contributed by atoms with van der Waals surface area (Å²) < 4.78 is 11.7. The Labute approximate surface area is 399 Å². The zero-order valence-electron chi connectivity index (χ0n) is 36.9. The van der Waals surface area contributed by atoms with E-state index < -0.39 is 0 Å². The summed E-state index contributed by atoms with van der Waals surface area (Å²) in [6, 6.07) is 77.9. The number of hydrogen-bond acceptors (Lipinski definition) is 5. The molecule has 0 unspecified atom stereocenters. The van der Waals surface area contributed by atoms with Crippen LogP contribution in [0, 0.1) is 0 Å². The Bertz CT molecular complexity index is 4510. The first kappa shape index (κ1) is 38.2. The van der Waals surface area contributed by atoms with Gasteiger partial charge in [-0.2, -0.15) is 0 Å². The predicted octanol–water partition coefficient (Wildman–Crippen LogP) is 17.3. The fourth-order valence-electron chi connectivity index (χ4n) is 10.8. The largest absolute Gasteiger partial charge is 0.456 e. The fourth-order valence-corrected chi connectivity index (χ4v) is 12.0. The third-order valence-corrected chi connectivity index (χ3v) is 15.2. The molecule has 6 heteroatoms. The Morgan fingerprint density at radius 1 is 0.319 bits per heavy atom. The number of fused-ring (bicyclic) bond motifs is 9. The molecule has 0 saturated carbocycles. The van der Waals surface area contributed by atoms with Crippen LogP contribution >= 0.6 is 11.3 Å². The maximum atomic E-state index is 6.83. The molecule has 5 aromatic heterocycles. The van der Waals surface area contributed by atoms with Crippen LogP contribution in [0.25, 0.3) is 148 Å². The van der Waals surface area contributed by atoms with Crippen LogP contribution in [0.15, 0.2) is 223 Å². The highest BCUT2D eigenvalue weighted by Gasteiger charge is 2.23. The van der Waals surface area contributed by atoms with Crippen molar-refractivity contribution in [3.63, 3.8) is 0 Å². The highest BCUT2D eigenvalue weighted by atomic mass is 32.1. The van der Waals surface area contributed by atoms with Crippen LogP contribution in [0.2, 0.25) is 0 Å². The van der Waals surface area contributed by atoms with Crippen molar-refractivity contribution in [1.29, 1.82) is 0 Å². The number of para-hydroxylation sites is 2. The molecule has 0 amide bonds. The summed E-state index contributed by atoms with van der Waals surface area (Å²) in [7, 11) is 0. The Morgan fingerprint density at radius 2 is 0.841 bits per heavy atom. The molecule has 0 spiro atoms. The van der Waals surface area contributed by atoms with E-state index in [0.717, 1.165) is 66.4 Å². The topological polar surface area (TPSA) is 56.2 Å². The van der Waals surface area contributed by atoms with E-state index in [0.29, 0.717) is 17.5 Å². The second kappa shape index (κ2) is 14.8. The van der Waals surface area contributed by atoms with Crippen LogP contribution < -0.4 is 0 Å². The average Bonchev–Trinajstić information content (AvgIpc) is 4.07. The van der Waals surface area contributed by atoms with Crippen LogP contribution in [-0.2, 0) is 0 Å². The molecular weight excluding hydrogens is 861 g/mol. The van der Waals surface area contributed by atoms with Gasteiger partial charge in [0.1, 0.15) is 11.2 Å². The summed E-state index contributed by atoms with van der Waals surface area (Å²) in [5.74, 6) is 1.89. The molecule has 0 bridgehead atoms. The van der Waals surface area contributed by atoms with Crippen LogP contribution in [-0.4, -0.2) is 19.4 Å². The smallest absolute Gasteiger partial charge is 0.164 e. The molecule has 5 nitrogen and oxygen atoms in total. The van der Waals surface area contributed by atoms with Gasteiger partial charge in [-0.15, -0.1) is 11.3 Å². The van der Waals surface area contributed by atoms with Gasteiger partial charge in [-0.05, 0) is 87.3 Å². The van der Waals surface area contributed by atoms with E-state index in [2.05, 4.69) is 217 Å². The summed E-state index contributed by atoms with van der Waals surface area (Å²) in [6.07, 6.45) is 0. The molecule has 15 rings (SSSR count). The first-order valence-electron chi connectivity index (χ1n) is 23.2. The fraction of sp³-hybridized carbons (Fsp3) is 0. The molecule has 5 heterocycles. The molecular formula is C63H36N4OS. The van der Waals surface area contributed by atoms with Gasteiger partial charge in [0.25, 0.3) is 0 Å². The molecule has 0 aliphatic carbocycles. The van der Waals surface area contributed by atoms with Gasteiger partial charge < -0.3 is 8.82 Å². The Balaban J connectivity index is 0.861. The lowest BCUT2D eigenvalue weighted by molar-refractivity contribution is 0.669. The van der Waals surface area contributed by atoms with Gasteiger partial charge >= 0.3 is 0 Å². The maximum Gasteiger partial charge on any atom is 0.164 e. The summed E-state index contributed by atoms with van der Waals surface area (Å²) in [5, 5.41) is 9.65. The minimum absolute atomic E-state index is 0.620. The Kier molecular flexibility index (Phi) is 8.17. The normalized spacial score (nSPS) is 12.1. The zero-order chi connectivity index (χ0) is 45.2. The van der Waals surface area contributed by atoms with E-state index in [-0.39, 0.29) is 0 Å². The van der Waals surface area contributed by atoms with Crippen LogP contribution in [0.1, 0.15) is 0 Å². The van der Waals surface area contributed by atoms with Crippen molar-refractivity contribution >= 4 is 91.5 Å². The minimum atomic E-state index is 0.620. The van der Waals surface area contributed by atoms with E-state index in [1.807, 2.05) is 6.07 Å². The number of rotatable bonds is 6. The molecule has 15 aromatic rings. The van der Waals surface area contributed by atoms with Crippen molar-refractivity contribution in [2.75, 3.05) is 0 Å². The molecule has 0 N–H and O–H groups in total. The highest BCUT2D eigenvalue weighted by molar-refractivity contribution is 7.25. The van der Waals surface area contributed by atoms with Crippen molar-refractivity contribution in [2.24, 2.45) is 0 Å². The van der Waals surface area contributed by atoms with E-state index in [4.69, 9.17) is 19.4 Å². The number of thiophene rings is 1. The molecule has 320 valence electrons. The predicted molar refractivity (Wildman–Crippen MR) is 287 cm³/mol. The number of hydrogen-bond donors (Lipinski definition) is 0. The van der Waals surface area contributed by atoms with E-state index in [9.17, 15) is 0 Å². The first-order chi connectivity index (χ1) is 34.2. The number of aromatic nitrogens is 4. The van der Waals surface area contributed by atoms with Crippen LogP contribution in [0.5, 0.6) is 0 Å². The number of nitrogens with zero attached hydrogens (tertiary/aromatic N) is 4. The van der Waals surface area contributed by atoms with Gasteiger partial charge in [0.15, 0.2) is 17.5 Å². The standard InChI is InChI=1S/C63H36N4OS/c1-2-12-37(13-3-1)38-22-26-40(27-23-38)61-64-62(66-63(65-61)42-30-31-49-48-18-8-11-21-56(48)69-57(49)36-42)41-28-24-39(25-29-41)44-14-4-5-15-45(44)43-34-51-47-17-7-10-20-53(47)67-52-19-9-6-16-46(52)50-32-33-54-59(60(50)67)58(51)55(35-43)68-54/h1-36H. The molecule has 0 aliphatic heterocycles. The highest BCUT2D eigenvalue weighted by Crippen LogP contribution is 2.47. The van der Waals surface area contributed by atoms with Gasteiger partial charge in [-0.1, -0.05) is 170 Å². The van der Waals surface area contributed by atoms with Gasteiger partial charge in [0, 0.05) is 58.4 Å². The van der Waals surface area contributed by atoms with Gasteiger partial charge in [-0.25, -0.2) is 15.0 Å². The summed E-state index contributed by atoms with van der Waals surface area (Å²) >= 11 is 1.80. The molecule has 0 aliphatic rings. The van der Waals surface area contributed by atoms with Crippen molar-refractivity contribution in [3.05, 3.63) is 218 Å². The van der Waals surface area contributed by atoms with Crippen molar-refractivity contribution < 1.29 is 4.42 Å². The number of benzene rings is 10.